The Balaban J connectivity index is 2.09. The van der Waals surface area contributed by atoms with Gasteiger partial charge in [-0.15, -0.1) is 0 Å². The van der Waals surface area contributed by atoms with Crippen molar-refractivity contribution in [3.8, 4) is 0 Å². The molecule has 0 aliphatic carbocycles. The van der Waals surface area contributed by atoms with Crippen molar-refractivity contribution in [1.29, 1.82) is 0 Å². The molecule has 0 bridgehead atoms. The number of hydrogen-bond donors (Lipinski definition) is 1. The molecule has 0 aliphatic heterocycles. The van der Waals surface area contributed by atoms with E-state index in [1.54, 1.807) is 6.07 Å². The molecule has 2 aromatic carbocycles. The number of nitrogens with one attached hydrogen (secondary N) is 1. The second-order valence-electron chi connectivity index (χ2n) is 4.09. The molecule has 18 heavy (non-hydrogen) atoms. The van der Waals surface area contributed by atoms with Crippen LogP contribution >= 0.6 is 34.8 Å². The van der Waals surface area contributed by atoms with E-state index < -0.39 is 0 Å². The lowest BCUT2D eigenvalue weighted by molar-refractivity contribution is 1.15. The van der Waals surface area contributed by atoms with Crippen molar-refractivity contribution >= 4 is 40.5 Å². The first-order valence-electron chi connectivity index (χ1n) is 5.50. The van der Waals surface area contributed by atoms with E-state index in [0.717, 1.165) is 21.8 Å². The molecule has 0 amide bonds. The highest BCUT2D eigenvalue weighted by molar-refractivity contribution is 6.42. The van der Waals surface area contributed by atoms with Gasteiger partial charge < -0.3 is 5.32 Å². The lowest BCUT2D eigenvalue weighted by atomic mass is 10.2. The fraction of sp³-hybridized carbons (Fsp3) is 0.143. The smallest absolute Gasteiger partial charge is 0.0640 e. The Kier molecular flexibility index (Phi) is 4.39. The molecule has 2 rings (SSSR count). The highest BCUT2D eigenvalue weighted by Gasteiger charge is 2.02. The van der Waals surface area contributed by atoms with Crippen molar-refractivity contribution in [2.24, 2.45) is 0 Å². The van der Waals surface area contributed by atoms with Crippen LogP contribution in [0.3, 0.4) is 0 Å². The topological polar surface area (TPSA) is 12.0 Å². The quantitative estimate of drug-likeness (QED) is 0.781. The van der Waals surface area contributed by atoms with Gasteiger partial charge in [0.05, 0.1) is 20.8 Å². The molecule has 0 atom stereocenters. The third-order valence-corrected chi connectivity index (χ3v) is 3.64. The number of rotatable bonds is 3. The zero-order valence-corrected chi connectivity index (χ0v) is 12.1. The third kappa shape index (κ3) is 3.32. The minimum Gasteiger partial charge on any atom is -0.380 e. The Bertz CT molecular complexity index is 567. The lowest BCUT2D eigenvalue weighted by Crippen LogP contribution is -2.00. The molecule has 0 saturated heterocycles. The van der Waals surface area contributed by atoms with Gasteiger partial charge in [-0.1, -0.05) is 46.9 Å². The predicted octanol–water partition coefficient (Wildman–Crippen LogP) is 5.57. The van der Waals surface area contributed by atoms with Crippen LogP contribution in [0, 0.1) is 6.92 Å². The Morgan fingerprint density at radius 1 is 0.889 bits per heavy atom. The molecule has 1 nitrogen and oxygen atoms in total. The number of halogens is 3. The van der Waals surface area contributed by atoms with Crippen LogP contribution in [0.15, 0.2) is 36.4 Å². The number of benzene rings is 2. The third-order valence-electron chi connectivity index (χ3n) is 2.59. The lowest BCUT2D eigenvalue weighted by Gasteiger charge is -2.09. The van der Waals surface area contributed by atoms with Gasteiger partial charge in [0.2, 0.25) is 0 Å². The zero-order chi connectivity index (χ0) is 13.1. The Morgan fingerprint density at radius 3 is 2.33 bits per heavy atom. The Labute approximate surface area is 122 Å². The fourth-order valence-corrected chi connectivity index (χ4v) is 2.23. The molecule has 4 heteroatoms. The molecule has 0 unspecified atom stereocenters. The molecule has 0 fully saturated rings. The van der Waals surface area contributed by atoms with Gasteiger partial charge in [-0.3, -0.25) is 0 Å². The Morgan fingerprint density at radius 2 is 1.67 bits per heavy atom. The summed E-state index contributed by atoms with van der Waals surface area (Å²) in [4.78, 5) is 0. The molecule has 0 aromatic heterocycles. The molecule has 94 valence electrons. The molecule has 0 heterocycles. The first-order valence-corrected chi connectivity index (χ1v) is 6.63. The van der Waals surface area contributed by atoms with E-state index in [1.165, 1.54) is 0 Å². The van der Waals surface area contributed by atoms with Gasteiger partial charge in [0.25, 0.3) is 0 Å². The number of anilines is 1. The van der Waals surface area contributed by atoms with E-state index >= 15 is 0 Å². The maximum atomic E-state index is 6.14. The highest BCUT2D eigenvalue weighted by Crippen LogP contribution is 2.25. The van der Waals surface area contributed by atoms with Gasteiger partial charge in [-0.2, -0.15) is 0 Å². The first kappa shape index (κ1) is 13.5. The average Bonchev–Trinajstić information content (AvgIpc) is 2.32. The van der Waals surface area contributed by atoms with Crippen LogP contribution in [0.2, 0.25) is 15.1 Å². The maximum Gasteiger partial charge on any atom is 0.0640 e. The standard InChI is InChI=1S/C14H12Cl3N/c1-9-2-5-14(13(17)6-9)18-8-10-3-4-11(15)12(16)7-10/h2-7,18H,8H2,1H3. The highest BCUT2D eigenvalue weighted by atomic mass is 35.5. The van der Waals surface area contributed by atoms with E-state index in [2.05, 4.69) is 5.32 Å². The van der Waals surface area contributed by atoms with Crippen LogP contribution in [-0.2, 0) is 6.54 Å². The Hall–Kier alpha value is -0.890. The van der Waals surface area contributed by atoms with E-state index in [9.17, 15) is 0 Å². The van der Waals surface area contributed by atoms with Crippen LogP contribution in [0.25, 0.3) is 0 Å². The molecule has 0 saturated carbocycles. The molecule has 0 radical (unpaired) electrons. The largest absolute Gasteiger partial charge is 0.380 e. The van der Waals surface area contributed by atoms with E-state index in [1.807, 2.05) is 37.3 Å². The molecular formula is C14H12Cl3N. The normalized spacial score (nSPS) is 10.4. The van der Waals surface area contributed by atoms with Crippen LogP contribution < -0.4 is 5.32 Å². The van der Waals surface area contributed by atoms with Gasteiger partial charge in [0.15, 0.2) is 0 Å². The minimum atomic E-state index is 0.561. The summed E-state index contributed by atoms with van der Waals surface area (Å²) in [5, 5.41) is 5.11. The van der Waals surface area contributed by atoms with Gasteiger partial charge in [-0.05, 0) is 42.3 Å². The van der Waals surface area contributed by atoms with Crippen molar-refractivity contribution < 1.29 is 0 Å². The first-order chi connectivity index (χ1) is 8.56. The molecule has 1 N–H and O–H groups in total. The second-order valence-corrected chi connectivity index (χ2v) is 5.31. The van der Waals surface area contributed by atoms with Crippen molar-refractivity contribution in [1.82, 2.24) is 0 Å². The monoisotopic (exact) mass is 299 g/mol. The van der Waals surface area contributed by atoms with Crippen LogP contribution in [-0.4, -0.2) is 0 Å². The van der Waals surface area contributed by atoms with Gasteiger partial charge in [0.1, 0.15) is 0 Å². The van der Waals surface area contributed by atoms with Crippen LogP contribution in [0.5, 0.6) is 0 Å². The van der Waals surface area contributed by atoms with Gasteiger partial charge in [-0.25, -0.2) is 0 Å². The van der Waals surface area contributed by atoms with Crippen molar-refractivity contribution in [2.45, 2.75) is 13.5 Å². The van der Waals surface area contributed by atoms with Gasteiger partial charge >= 0.3 is 0 Å². The second kappa shape index (κ2) is 5.83. The summed E-state index contributed by atoms with van der Waals surface area (Å²) in [6.07, 6.45) is 0. The van der Waals surface area contributed by atoms with E-state index in [4.69, 9.17) is 34.8 Å². The van der Waals surface area contributed by atoms with E-state index in [-0.39, 0.29) is 0 Å². The average molecular weight is 301 g/mol. The fourth-order valence-electron chi connectivity index (χ4n) is 1.61. The molecule has 0 spiro atoms. The summed E-state index contributed by atoms with van der Waals surface area (Å²) in [6, 6.07) is 11.5. The summed E-state index contributed by atoms with van der Waals surface area (Å²) in [7, 11) is 0. The molecule has 2 aromatic rings. The summed E-state index contributed by atoms with van der Waals surface area (Å²) < 4.78 is 0. The minimum absolute atomic E-state index is 0.561. The predicted molar refractivity (Wildman–Crippen MR) is 80.0 cm³/mol. The summed E-state index contributed by atoms with van der Waals surface area (Å²) in [6.45, 7) is 2.66. The SMILES string of the molecule is Cc1ccc(NCc2ccc(Cl)c(Cl)c2)c(Cl)c1. The van der Waals surface area contributed by atoms with E-state index in [0.29, 0.717) is 16.6 Å². The maximum absolute atomic E-state index is 6.14. The molecule has 0 aliphatic rings. The zero-order valence-electron chi connectivity index (χ0n) is 9.81. The van der Waals surface area contributed by atoms with Crippen LogP contribution in [0.1, 0.15) is 11.1 Å². The van der Waals surface area contributed by atoms with Crippen molar-refractivity contribution in [3.63, 3.8) is 0 Å². The summed E-state index contributed by atoms with van der Waals surface area (Å²) in [5.41, 5.74) is 3.11. The van der Waals surface area contributed by atoms with Gasteiger partial charge in [0, 0.05) is 6.54 Å². The summed E-state index contributed by atoms with van der Waals surface area (Å²) >= 11 is 18.0. The van der Waals surface area contributed by atoms with Crippen molar-refractivity contribution in [2.75, 3.05) is 5.32 Å². The molecular weight excluding hydrogens is 289 g/mol. The van der Waals surface area contributed by atoms with Crippen molar-refractivity contribution in [3.05, 3.63) is 62.6 Å². The van der Waals surface area contributed by atoms with Crippen LogP contribution in [0.4, 0.5) is 5.69 Å². The number of hydrogen-bond acceptors (Lipinski definition) is 1. The summed E-state index contributed by atoms with van der Waals surface area (Å²) in [5.74, 6) is 0. The number of aryl methyl sites for hydroxylation is 1.